The van der Waals surface area contributed by atoms with Crippen LogP contribution in [0.15, 0.2) is 0 Å². The zero-order chi connectivity index (χ0) is 11.7. The minimum Gasteiger partial charge on any atom is -0.293 e. The highest BCUT2D eigenvalue weighted by molar-refractivity contribution is 6.64. The van der Waals surface area contributed by atoms with Gasteiger partial charge < -0.3 is 0 Å². The molecule has 0 fully saturated rings. The fourth-order valence-corrected chi connectivity index (χ4v) is 2.16. The molecule has 0 rings (SSSR count). The van der Waals surface area contributed by atoms with Crippen LogP contribution in [0.3, 0.4) is 0 Å². The lowest BCUT2D eigenvalue weighted by molar-refractivity contribution is -0.519. The summed E-state index contributed by atoms with van der Waals surface area (Å²) >= 11 is 6.31. The first-order chi connectivity index (χ1) is 7.19. The van der Waals surface area contributed by atoms with E-state index in [2.05, 4.69) is 37.2 Å². The number of hydrogen-bond donors (Lipinski definition) is 0. The van der Waals surface area contributed by atoms with Crippen molar-refractivity contribution in [1.82, 2.24) is 4.90 Å². The van der Waals surface area contributed by atoms with Crippen molar-refractivity contribution in [1.29, 1.82) is 0 Å². The molecule has 2 nitrogen and oxygen atoms in total. The monoisotopic (exact) mass is 233 g/mol. The summed E-state index contributed by atoms with van der Waals surface area (Å²) < 4.78 is 2.22. The first-order valence-electron chi connectivity index (χ1n) is 6.18. The molecule has 3 heteroatoms. The zero-order valence-corrected chi connectivity index (χ0v) is 11.5. The molecule has 0 saturated carbocycles. The Balaban J connectivity index is 4.30. The lowest BCUT2D eigenvalue weighted by Crippen LogP contribution is -2.33. The maximum atomic E-state index is 6.31. The largest absolute Gasteiger partial charge is 0.293 e. The molecule has 0 amide bonds. The highest BCUT2D eigenvalue weighted by Crippen LogP contribution is 1.98. The van der Waals surface area contributed by atoms with Crippen molar-refractivity contribution in [2.24, 2.45) is 0 Å². The third-order valence-electron chi connectivity index (χ3n) is 2.54. The van der Waals surface area contributed by atoms with Gasteiger partial charge in [0, 0.05) is 0 Å². The van der Waals surface area contributed by atoms with Gasteiger partial charge in [0.1, 0.15) is 13.1 Å². The molecule has 0 aromatic rings. The summed E-state index contributed by atoms with van der Waals surface area (Å²) in [6, 6.07) is 0. The quantitative estimate of drug-likeness (QED) is 0.462. The normalized spacial score (nSPS) is 10.8. The van der Waals surface area contributed by atoms with Gasteiger partial charge in [0.15, 0.2) is 0 Å². The molecule has 0 radical (unpaired) electrons. The zero-order valence-electron chi connectivity index (χ0n) is 10.7. The van der Waals surface area contributed by atoms with Crippen molar-refractivity contribution in [2.45, 2.75) is 40.5 Å². The molecule has 0 aliphatic rings. The minimum absolute atomic E-state index is 0.908. The van der Waals surface area contributed by atoms with Gasteiger partial charge in [0.2, 0.25) is 0 Å². The summed E-state index contributed by atoms with van der Waals surface area (Å²) in [6.45, 7) is 13.9. The molecule has 0 spiro atoms. The van der Waals surface area contributed by atoms with E-state index in [4.69, 9.17) is 11.6 Å². The molecule has 0 aliphatic heterocycles. The standard InChI is InChI=1S/C12H26ClN2/c1-5-9-14(10-6-2)11-12(13)15(7-3)8-4/h5-11H2,1-4H3/q+1. The molecule has 0 aromatic carbocycles. The topological polar surface area (TPSA) is 6.25 Å². The van der Waals surface area contributed by atoms with Crippen molar-refractivity contribution in [2.75, 3.05) is 32.7 Å². The van der Waals surface area contributed by atoms with Gasteiger partial charge in [-0.3, -0.25) is 4.90 Å². The predicted octanol–water partition coefficient (Wildman–Crippen LogP) is 2.80. The lowest BCUT2D eigenvalue weighted by Gasteiger charge is -2.19. The van der Waals surface area contributed by atoms with Crippen LogP contribution in [0.5, 0.6) is 0 Å². The van der Waals surface area contributed by atoms with Gasteiger partial charge >= 0.3 is 0 Å². The van der Waals surface area contributed by atoms with E-state index in [9.17, 15) is 0 Å². The van der Waals surface area contributed by atoms with Crippen molar-refractivity contribution < 1.29 is 4.58 Å². The summed E-state index contributed by atoms with van der Waals surface area (Å²) in [5, 5.41) is 0.988. The number of rotatable bonds is 8. The van der Waals surface area contributed by atoms with Crippen LogP contribution in [0.4, 0.5) is 0 Å². The van der Waals surface area contributed by atoms with Crippen molar-refractivity contribution >= 4 is 16.8 Å². The Labute approximate surface area is 99.9 Å². The van der Waals surface area contributed by atoms with Crippen LogP contribution in [0, 0.1) is 0 Å². The highest BCUT2D eigenvalue weighted by atomic mass is 35.5. The SMILES string of the molecule is CCCN(CCC)CC(Cl)=[N+](CC)CC. The average Bonchev–Trinajstić information content (AvgIpc) is 2.20. The Hall–Kier alpha value is -0.0800. The summed E-state index contributed by atoms with van der Waals surface area (Å²) in [4.78, 5) is 2.43. The van der Waals surface area contributed by atoms with Crippen LogP contribution in [0.1, 0.15) is 40.5 Å². The van der Waals surface area contributed by atoms with Crippen LogP contribution in [-0.4, -0.2) is 47.4 Å². The first-order valence-corrected chi connectivity index (χ1v) is 6.55. The Morgan fingerprint density at radius 2 is 1.47 bits per heavy atom. The molecule has 0 aromatic heterocycles. The Morgan fingerprint density at radius 3 is 1.80 bits per heavy atom. The molecule has 0 heterocycles. The predicted molar refractivity (Wildman–Crippen MR) is 69.2 cm³/mol. The second kappa shape index (κ2) is 9.17. The van der Waals surface area contributed by atoms with E-state index < -0.39 is 0 Å². The van der Waals surface area contributed by atoms with E-state index in [-0.39, 0.29) is 0 Å². The van der Waals surface area contributed by atoms with E-state index in [0.717, 1.165) is 37.9 Å². The fraction of sp³-hybridized carbons (Fsp3) is 0.917. The highest BCUT2D eigenvalue weighted by Gasteiger charge is 2.13. The van der Waals surface area contributed by atoms with E-state index in [0.29, 0.717) is 0 Å². The van der Waals surface area contributed by atoms with Gasteiger partial charge in [-0.2, -0.15) is 0 Å². The minimum atomic E-state index is 0.908. The molecule has 0 bridgehead atoms. The fourth-order valence-electron chi connectivity index (χ4n) is 1.75. The molecule has 15 heavy (non-hydrogen) atoms. The number of hydrogen-bond acceptors (Lipinski definition) is 1. The van der Waals surface area contributed by atoms with Crippen LogP contribution < -0.4 is 0 Å². The van der Waals surface area contributed by atoms with Crippen molar-refractivity contribution in [3.63, 3.8) is 0 Å². The molecule has 90 valence electrons. The number of halogens is 1. The third kappa shape index (κ3) is 6.16. The summed E-state index contributed by atoms with van der Waals surface area (Å²) in [7, 11) is 0. The van der Waals surface area contributed by atoms with E-state index in [1.165, 1.54) is 12.8 Å². The summed E-state index contributed by atoms with van der Waals surface area (Å²) in [5.41, 5.74) is 0. The molecular weight excluding hydrogens is 208 g/mol. The van der Waals surface area contributed by atoms with Crippen LogP contribution >= 0.6 is 11.6 Å². The van der Waals surface area contributed by atoms with E-state index in [1.807, 2.05) is 0 Å². The van der Waals surface area contributed by atoms with E-state index >= 15 is 0 Å². The maximum Gasteiger partial charge on any atom is 0.259 e. The van der Waals surface area contributed by atoms with E-state index in [1.54, 1.807) is 0 Å². The Kier molecular flexibility index (Phi) is 9.12. The van der Waals surface area contributed by atoms with Crippen LogP contribution in [-0.2, 0) is 0 Å². The summed E-state index contributed by atoms with van der Waals surface area (Å²) in [5.74, 6) is 0. The molecule has 0 atom stereocenters. The average molecular weight is 234 g/mol. The molecule has 0 unspecified atom stereocenters. The third-order valence-corrected chi connectivity index (χ3v) is 2.90. The number of nitrogens with zero attached hydrogens (tertiary/aromatic N) is 2. The molecular formula is C12H26ClN2+. The smallest absolute Gasteiger partial charge is 0.259 e. The second-order valence-corrected chi connectivity index (χ2v) is 4.26. The Bertz CT molecular complexity index is 178. The van der Waals surface area contributed by atoms with Gasteiger partial charge in [0.05, 0.1) is 6.54 Å². The lowest BCUT2D eigenvalue weighted by atomic mass is 10.3. The molecule has 0 N–H and O–H groups in total. The van der Waals surface area contributed by atoms with Gasteiger partial charge in [0.25, 0.3) is 5.17 Å². The van der Waals surface area contributed by atoms with Gasteiger partial charge in [-0.25, -0.2) is 4.58 Å². The van der Waals surface area contributed by atoms with Gasteiger partial charge in [-0.05, 0) is 51.4 Å². The van der Waals surface area contributed by atoms with Crippen molar-refractivity contribution in [3.05, 3.63) is 0 Å². The summed E-state index contributed by atoms with van der Waals surface area (Å²) in [6.07, 6.45) is 2.39. The second-order valence-electron chi connectivity index (χ2n) is 3.82. The van der Waals surface area contributed by atoms with Crippen molar-refractivity contribution in [3.8, 4) is 0 Å². The van der Waals surface area contributed by atoms with Gasteiger partial charge in [-0.1, -0.05) is 13.8 Å². The first kappa shape index (κ1) is 14.9. The van der Waals surface area contributed by atoms with Crippen LogP contribution in [0.25, 0.3) is 0 Å². The van der Waals surface area contributed by atoms with Gasteiger partial charge in [-0.15, -0.1) is 0 Å². The van der Waals surface area contributed by atoms with Crippen LogP contribution in [0.2, 0.25) is 0 Å². The molecule has 0 saturated heterocycles. The Morgan fingerprint density at radius 1 is 1.00 bits per heavy atom. The molecule has 0 aliphatic carbocycles. The maximum absolute atomic E-state index is 6.31.